The first-order chi connectivity index (χ1) is 14.7. The molecule has 0 spiro atoms. The Hall–Kier alpha value is -3.34. The van der Waals surface area contributed by atoms with Gasteiger partial charge in [-0.15, -0.1) is 0 Å². The number of amides is 1. The number of benzene rings is 2. The molecule has 5 nitrogen and oxygen atoms in total. The zero-order valence-corrected chi connectivity index (χ0v) is 17.0. The highest BCUT2D eigenvalue weighted by Gasteiger charge is 2.36. The molecule has 30 heavy (non-hydrogen) atoms. The molecule has 0 unspecified atom stereocenters. The van der Waals surface area contributed by atoms with Crippen LogP contribution in [0.15, 0.2) is 66.7 Å². The average molecular weight is 399 g/mol. The first-order valence-electron chi connectivity index (χ1n) is 10.5. The predicted molar refractivity (Wildman–Crippen MR) is 117 cm³/mol. The summed E-state index contributed by atoms with van der Waals surface area (Å²) in [5.41, 5.74) is 5.99. The molecular weight excluding hydrogens is 374 g/mol. The summed E-state index contributed by atoms with van der Waals surface area (Å²) in [4.78, 5) is 19.3. The molecule has 0 fully saturated rings. The number of hydrogen-bond donors (Lipinski definition) is 1. The van der Waals surface area contributed by atoms with Crippen molar-refractivity contribution >= 4 is 11.8 Å². The van der Waals surface area contributed by atoms with Crippen LogP contribution >= 0.6 is 0 Å². The third kappa shape index (κ3) is 3.30. The number of aromatic nitrogens is 1. The molecule has 1 amide bonds. The van der Waals surface area contributed by atoms with E-state index in [4.69, 9.17) is 9.72 Å². The predicted octanol–water partition coefficient (Wildman–Crippen LogP) is 4.68. The fraction of sp³-hybridized carbons (Fsp3) is 0.280. The Morgan fingerprint density at radius 2 is 1.57 bits per heavy atom. The minimum atomic E-state index is -0.495. The third-order valence-corrected chi connectivity index (χ3v) is 6.23. The van der Waals surface area contributed by atoms with E-state index in [0.717, 1.165) is 31.6 Å². The van der Waals surface area contributed by atoms with Crippen LogP contribution in [0.1, 0.15) is 47.1 Å². The summed E-state index contributed by atoms with van der Waals surface area (Å²) in [6, 6.07) is 23.1. The molecule has 3 aromatic rings. The van der Waals surface area contributed by atoms with E-state index in [2.05, 4.69) is 58.7 Å². The summed E-state index contributed by atoms with van der Waals surface area (Å²) in [7, 11) is 1.56. The maximum Gasteiger partial charge on any atom is 0.413 e. The van der Waals surface area contributed by atoms with Gasteiger partial charge in [0.25, 0.3) is 0 Å². The third-order valence-electron chi connectivity index (χ3n) is 6.23. The molecule has 0 saturated heterocycles. The second-order valence-electron chi connectivity index (χ2n) is 7.91. The van der Waals surface area contributed by atoms with Crippen molar-refractivity contribution in [3.05, 3.63) is 89.1 Å². The molecule has 0 bridgehead atoms. The van der Waals surface area contributed by atoms with E-state index in [1.54, 1.807) is 7.05 Å². The van der Waals surface area contributed by atoms with Crippen molar-refractivity contribution < 1.29 is 9.53 Å². The molecule has 5 heteroatoms. The fourth-order valence-corrected chi connectivity index (χ4v) is 4.84. The molecule has 0 saturated carbocycles. The lowest BCUT2D eigenvalue weighted by Gasteiger charge is -2.42. The van der Waals surface area contributed by atoms with Gasteiger partial charge in [-0.25, -0.2) is 9.78 Å². The van der Waals surface area contributed by atoms with E-state index in [1.165, 1.54) is 22.4 Å². The summed E-state index contributed by atoms with van der Waals surface area (Å²) in [6.07, 6.45) is 1.55. The molecule has 3 heterocycles. The van der Waals surface area contributed by atoms with Crippen molar-refractivity contribution in [2.24, 2.45) is 0 Å². The Morgan fingerprint density at radius 1 is 0.967 bits per heavy atom. The first-order valence-corrected chi connectivity index (χ1v) is 10.5. The van der Waals surface area contributed by atoms with E-state index in [0.29, 0.717) is 5.88 Å². The average Bonchev–Trinajstić information content (AvgIpc) is 2.80. The van der Waals surface area contributed by atoms with Crippen LogP contribution in [0, 0.1) is 0 Å². The molecule has 152 valence electrons. The van der Waals surface area contributed by atoms with Gasteiger partial charge in [0.2, 0.25) is 5.88 Å². The Kier molecular flexibility index (Phi) is 4.87. The SMILES string of the molecule is CNC(=O)Oc1cc2c3c(n1)[C@@H](c1ccccc1)CCN3CC[C@@H]2c1ccccc1. The summed E-state index contributed by atoms with van der Waals surface area (Å²) < 4.78 is 5.52. The Labute approximate surface area is 176 Å². The minimum absolute atomic E-state index is 0.193. The number of hydrogen-bond acceptors (Lipinski definition) is 4. The monoisotopic (exact) mass is 399 g/mol. The van der Waals surface area contributed by atoms with Gasteiger partial charge in [0, 0.05) is 38.0 Å². The summed E-state index contributed by atoms with van der Waals surface area (Å²) in [5.74, 6) is 0.827. The number of carbonyl (C=O) groups is 1. The van der Waals surface area contributed by atoms with E-state index < -0.39 is 6.09 Å². The Morgan fingerprint density at radius 3 is 2.20 bits per heavy atom. The van der Waals surface area contributed by atoms with Gasteiger partial charge in [0.05, 0.1) is 11.4 Å². The van der Waals surface area contributed by atoms with Gasteiger partial charge in [0.1, 0.15) is 0 Å². The summed E-state index contributed by atoms with van der Waals surface area (Å²) in [6.45, 7) is 2.02. The number of nitrogens with zero attached hydrogens (tertiary/aromatic N) is 2. The standard InChI is InChI=1S/C25H25N3O2/c1-26-25(29)30-22-16-21-19(17-8-4-2-5-9-17)12-14-28-15-13-20(23(27-22)24(21)28)18-10-6-3-7-11-18/h2-11,16,19-20H,12-15H2,1H3,(H,26,29)/t19-,20-/m1/s1. The van der Waals surface area contributed by atoms with Crippen LogP contribution in [-0.4, -0.2) is 31.2 Å². The van der Waals surface area contributed by atoms with Crippen molar-refractivity contribution in [3.63, 3.8) is 0 Å². The van der Waals surface area contributed by atoms with Crippen LogP contribution in [-0.2, 0) is 0 Å². The van der Waals surface area contributed by atoms with Gasteiger partial charge in [-0.05, 0) is 29.5 Å². The van der Waals surface area contributed by atoms with Crippen LogP contribution < -0.4 is 15.0 Å². The number of rotatable bonds is 3. The van der Waals surface area contributed by atoms with E-state index in [9.17, 15) is 4.79 Å². The van der Waals surface area contributed by atoms with Gasteiger partial charge >= 0.3 is 6.09 Å². The van der Waals surface area contributed by atoms with Gasteiger partial charge < -0.3 is 15.0 Å². The second kappa shape index (κ2) is 7.82. The molecule has 0 aliphatic carbocycles. The van der Waals surface area contributed by atoms with Crippen LogP contribution in [0.25, 0.3) is 0 Å². The molecule has 1 aromatic heterocycles. The van der Waals surface area contributed by atoms with Gasteiger partial charge in [-0.3, -0.25) is 0 Å². The largest absolute Gasteiger partial charge is 0.413 e. The molecule has 2 aliphatic rings. The zero-order valence-electron chi connectivity index (χ0n) is 17.0. The zero-order chi connectivity index (χ0) is 20.5. The molecule has 2 aliphatic heterocycles. The maximum atomic E-state index is 11.9. The molecule has 5 rings (SSSR count). The molecule has 1 N–H and O–H groups in total. The van der Waals surface area contributed by atoms with E-state index in [1.807, 2.05) is 18.2 Å². The maximum absolute atomic E-state index is 11.9. The van der Waals surface area contributed by atoms with E-state index >= 15 is 0 Å². The van der Waals surface area contributed by atoms with Crippen LogP contribution in [0.4, 0.5) is 10.5 Å². The number of ether oxygens (including phenoxy) is 1. The minimum Gasteiger partial charge on any atom is -0.391 e. The normalized spacial score (nSPS) is 19.7. The highest BCUT2D eigenvalue weighted by atomic mass is 16.6. The number of carbonyl (C=O) groups excluding carboxylic acids is 1. The van der Waals surface area contributed by atoms with Gasteiger partial charge in [0.15, 0.2) is 0 Å². The molecule has 2 atom stereocenters. The Bertz CT molecular complexity index is 980. The highest BCUT2D eigenvalue weighted by molar-refractivity contribution is 5.71. The lowest BCUT2D eigenvalue weighted by molar-refractivity contribution is 0.201. The fourth-order valence-electron chi connectivity index (χ4n) is 4.84. The lowest BCUT2D eigenvalue weighted by Crippen LogP contribution is -2.38. The quantitative estimate of drug-likeness (QED) is 0.695. The summed E-state index contributed by atoms with van der Waals surface area (Å²) >= 11 is 0. The number of anilines is 1. The van der Waals surface area contributed by atoms with Crippen molar-refractivity contribution in [1.82, 2.24) is 10.3 Å². The van der Waals surface area contributed by atoms with Crippen LogP contribution in [0.5, 0.6) is 5.88 Å². The molecule has 2 aromatic carbocycles. The molecule has 0 radical (unpaired) electrons. The van der Waals surface area contributed by atoms with Crippen LogP contribution in [0.2, 0.25) is 0 Å². The topological polar surface area (TPSA) is 54.5 Å². The number of nitrogens with one attached hydrogen (secondary N) is 1. The van der Waals surface area contributed by atoms with E-state index in [-0.39, 0.29) is 11.8 Å². The lowest BCUT2D eigenvalue weighted by atomic mass is 9.79. The van der Waals surface area contributed by atoms with Crippen molar-refractivity contribution in [2.75, 3.05) is 25.0 Å². The smallest absolute Gasteiger partial charge is 0.391 e. The number of pyridine rings is 1. The first kappa shape index (κ1) is 18.7. The summed E-state index contributed by atoms with van der Waals surface area (Å²) in [5, 5.41) is 2.53. The Balaban J connectivity index is 1.68. The van der Waals surface area contributed by atoms with Gasteiger partial charge in [-0.2, -0.15) is 0 Å². The second-order valence-corrected chi connectivity index (χ2v) is 7.91. The molecular formula is C25H25N3O2. The van der Waals surface area contributed by atoms with Crippen molar-refractivity contribution in [3.8, 4) is 5.88 Å². The van der Waals surface area contributed by atoms with Crippen molar-refractivity contribution in [1.29, 1.82) is 0 Å². The van der Waals surface area contributed by atoms with Crippen molar-refractivity contribution in [2.45, 2.75) is 24.7 Å². The highest BCUT2D eigenvalue weighted by Crippen LogP contribution is 2.48. The van der Waals surface area contributed by atoms with Crippen LogP contribution in [0.3, 0.4) is 0 Å². The van der Waals surface area contributed by atoms with Gasteiger partial charge in [-0.1, -0.05) is 60.7 Å².